The molecule has 2 aromatic rings. The third-order valence-electron chi connectivity index (χ3n) is 7.17. The number of methoxy groups -OCH3 is 2. The number of fused-ring (bicyclic) bond motifs is 3. The number of ether oxygens (including phenoxy) is 3. The van der Waals surface area contributed by atoms with E-state index in [1.165, 1.54) is 18.4 Å². The second-order valence-corrected chi connectivity index (χ2v) is 9.19. The molecule has 1 aliphatic carbocycles. The van der Waals surface area contributed by atoms with Crippen LogP contribution in [0.25, 0.3) is 0 Å². The predicted molar refractivity (Wildman–Crippen MR) is 135 cm³/mol. The van der Waals surface area contributed by atoms with Gasteiger partial charge in [-0.1, -0.05) is 25.0 Å². The van der Waals surface area contributed by atoms with Crippen LogP contribution in [-0.4, -0.2) is 69.0 Å². The average Bonchev–Trinajstić information content (AvgIpc) is 2.92. The highest BCUT2D eigenvalue weighted by molar-refractivity contribution is 6.16. The van der Waals surface area contributed by atoms with E-state index in [0.29, 0.717) is 43.5 Å². The third-order valence-corrected chi connectivity index (χ3v) is 7.17. The van der Waals surface area contributed by atoms with E-state index >= 15 is 0 Å². The van der Waals surface area contributed by atoms with Gasteiger partial charge in [-0.2, -0.15) is 4.99 Å². The van der Waals surface area contributed by atoms with Gasteiger partial charge in [0.25, 0.3) is 5.91 Å². The van der Waals surface area contributed by atoms with Crippen molar-refractivity contribution in [2.75, 3.05) is 40.5 Å². The molecule has 0 aromatic heterocycles. The minimum atomic E-state index is -0.365. The van der Waals surface area contributed by atoms with E-state index in [1.807, 2.05) is 29.2 Å². The standard InChI is InChI=1S/C27H32N4O4/c1-33-23-15-20-19-8-3-4-9-22(19)29-25(21(20)16-24(23)34-2)17-6-5-7-18(14-17)26(32)30-27(28)31-10-12-35-13-11-31/h5-7,14-16,19,22H,3-4,8-13H2,1-2H3,(H2,28,30,32)/t19-,22-/m1/s1. The summed E-state index contributed by atoms with van der Waals surface area (Å²) in [5, 5.41) is 0. The molecule has 1 saturated heterocycles. The Morgan fingerprint density at radius 1 is 1.09 bits per heavy atom. The van der Waals surface area contributed by atoms with Crippen LogP contribution in [0, 0.1) is 0 Å². The average molecular weight is 477 g/mol. The number of nitrogens with two attached hydrogens (primary N) is 1. The highest BCUT2D eigenvalue weighted by Crippen LogP contribution is 2.44. The number of morpholine rings is 1. The van der Waals surface area contributed by atoms with E-state index in [-0.39, 0.29) is 17.9 Å². The summed E-state index contributed by atoms with van der Waals surface area (Å²) < 4.78 is 16.6. The maximum absolute atomic E-state index is 13.0. The molecule has 5 rings (SSSR count). The van der Waals surface area contributed by atoms with Gasteiger partial charge in [0, 0.05) is 35.7 Å². The molecule has 184 valence electrons. The van der Waals surface area contributed by atoms with E-state index in [9.17, 15) is 4.79 Å². The van der Waals surface area contributed by atoms with Crippen molar-refractivity contribution in [3.05, 3.63) is 58.7 Å². The summed E-state index contributed by atoms with van der Waals surface area (Å²) in [7, 11) is 3.31. The van der Waals surface area contributed by atoms with E-state index < -0.39 is 0 Å². The second-order valence-electron chi connectivity index (χ2n) is 9.19. The second kappa shape index (κ2) is 10.1. The Bertz CT molecular complexity index is 1170. The lowest BCUT2D eigenvalue weighted by Gasteiger charge is -2.35. The summed E-state index contributed by atoms with van der Waals surface area (Å²) >= 11 is 0. The Hall–Kier alpha value is -3.39. The molecular weight excluding hydrogens is 444 g/mol. The van der Waals surface area contributed by atoms with Crippen molar-refractivity contribution in [1.82, 2.24) is 4.90 Å². The fourth-order valence-electron chi connectivity index (χ4n) is 5.33. The Morgan fingerprint density at radius 2 is 1.83 bits per heavy atom. The minimum absolute atomic E-state index is 0.221. The van der Waals surface area contributed by atoms with Gasteiger partial charge in [-0.25, -0.2) is 0 Å². The molecule has 1 saturated carbocycles. The molecule has 2 atom stereocenters. The van der Waals surface area contributed by atoms with Gasteiger partial charge >= 0.3 is 0 Å². The normalized spacial score (nSPS) is 22.1. The number of carbonyl (C=O) groups is 1. The van der Waals surface area contributed by atoms with Crippen molar-refractivity contribution < 1.29 is 19.0 Å². The summed E-state index contributed by atoms with van der Waals surface area (Å²) in [6.07, 6.45) is 4.54. The van der Waals surface area contributed by atoms with Gasteiger partial charge in [0.2, 0.25) is 0 Å². The first-order valence-corrected chi connectivity index (χ1v) is 12.2. The Balaban J connectivity index is 1.52. The molecule has 3 aliphatic rings. The number of rotatable bonds is 4. The van der Waals surface area contributed by atoms with Gasteiger partial charge in [-0.15, -0.1) is 0 Å². The monoisotopic (exact) mass is 476 g/mol. The molecule has 2 aliphatic heterocycles. The van der Waals surface area contributed by atoms with Crippen LogP contribution in [0.5, 0.6) is 11.5 Å². The van der Waals surface area contributed by atoms with Crippen molar-refractivity contribution in [2.45, 2.75) is 37.6 Å². The zero-order valence-electron chi connectivity index (χ0n) is 20.3. The van der Waals surface area contributed by atoms with Crippen LogP contribution in [0.4, 0.5) is 0 Å². The van der Waals surface area contributed by atoms with Gasteiger partial charge in [0.1, 0.15) is 0 Å². The Morgan fingerprint density at radius 3 is 2.60 bits per heavy atom. The van der Waals surface area contributed by atoms with Gasteiger partial charge in [-0.3, -0.25) is 9.79 Å². The van der Waals surface area contributed by atoms with E-state index in [1.54, 1.807) is 20.3 Å². The minimum Gasteiger partial charge on any atom is -0.493 e. The summed E-state index contributed by atoms with van der Waals surface area (Å²) in [5.41, 5.74) is 10.6. The maximum Gasteiger partial charge on any atom is 0.280 e. The molecule has 0 spiro atoms. The summed E-state index contributed by atoms with van der Waals surface area (Å²) in [4.78, 5) is 24.2. The lowest BCUT2D eigenvalue weighted by molar-refractivity contribution is 0.0671. The zero-order chi connectivity index (χ0) is 24.4. The van der Waals surface area contributed by atoms with Crippen LogP contribution in [0.2, 0.25) is 0 Å². The van der Waals surface area contributed by atoms with E-state index in [4.69, 9.17) is 24.9 Å². The number of benzene rings is 2. The Labute approximate surface area is 205 Å². The molecule has 2 fully saturated rings. The first-order valence-electron chi connectivity index (χ1n) is 12.2. The quantitative estimate of drug-likeness (QED) is 0.537. The van der Waals surface area contributed by atoms with Crippen LogP contribution in [-0.2, 0) is 4.74 Å². The van der Waals surface area contributed by atoms with Gasteiger partial charge in [-0.05, 0) is 42.7 Å². The molecule has 35 heavy (non-hydrogen) atoms. The molecule has 1 amide bonds. The van der Waals surface area contributed by atoms with E-state index in [0.717, 1.165) is 35.4 Å². The molecule has 2 aromatic carbocycles. The SMILES string of the molecule is COc1cc2c(cc1OC)[C@H]1CCCC[C@H]1N=C2c1cccc(C(=O)N=C(N)N2CCOCC2)c1. The molecule has 8 heteroatoms. The van der Waals surface area contributed by atoms with Crippen molar-refractivity contribution in [3.63, 3.8) is 0 Å². The number of aliphatic imine (C=N–C) groups is 2. The first kappa shape index (κ1) is 23.4. The van der Waals surface area contributed by atoms with Crippen molar-refractivity contribution in [3.8, 4) is 11.5 Å². The van der Waals surface area contributed by atoms with Crippen LogP contribution in [0.15, 0.2) is 46.4 Å². The van der Waals surface area contributed by atoms with E-state index in [2.05, 4.69) is 11.1 Å². The summed E-state index contributed by atoms with van der Waals surface area (Å²) in [6, 6.07) is 11.8. The lowest BCUT2D eigenvalue weighted by atomic mass is 9.75. The highest BCUT2D eigenvalue weighted by Gasteiger charge is 2.34. The summed E-state index contributed by atoms with van der Waals surface area (Å²) in [5.74, 6) is 1.63. The molecule has 0 bridgehead atoms. The predicted octanol–water partition coefficient (Wildman–Crippen LogP) is 3.37. The molecule has 2 N–H and O–H groups in total. The molecular formula is C27H32N4O4. The first-order chi connectivity index (χ1) is 17.1. The third kappa shape index (κ3) is 4.62. The molecule has 0 radical (unpaired) electrons. The van der Waals surface area contributed by atoms with Crippen molar-refractivity contribution in [2.24, 2.45) is 15.7 Å². The number of carbonyl (C=O) groups excluding carboxylic acids is 1. The summed E-state index contributed by atoms with van der Waals surface area (Å²) in [6.45, 7) is 2.42. The van der Waals surface area contributed by atoms with Crippen molar-refractivity contribution in [1.29, 1.82) is 0 Å². The highest BCUT2D eigenvalue weighted by atomic mass is 16.5. The smallest absolute Gasteiger partial charge is 0.280 e. The van der Waals surface area contributed by atoms with Crippen LogP contribution < -0.4 is 15.2 Å². The molecule has 0 unspecified atom stereocenters. The lowest BCUT2D eigenvalue weighted by Crippen LogP contribution is -2.45. The van der Waals surface area contributed by atoms with Gasteiger partial charge in [0.15, 0.2) is 17.5 Å². The van der Waals surface area contributed by atoms with Crippen LogP contribution in [0.1, 0.15) is 58.6 Å². The van der Waals surface area contributed by atoms with Gasteiger partial charge < -0.3 is 24.8 Å². The number of hydrogen-bond acceptors (Lipinski definition) is 5. The molecule has 2 heterocycles. The van der Waals surface area contributed by atoms with Crippen molar-refractivity contribution >= 4 is 17.6 Å². The number of hydrogen-bond donors (Lipinski definition) is 1. The van der Waals surface area contributed by atoms with Crippen LogP contribution in [0.3, 0.4) is 0 Å². The zero-order valence-corrected chi connectivity index (χ0v) is 20.3. The number of nitrogens with zero attached hydrogens (tertiary/aromatic N) is 3. The molecule has 8 nitrogen and oxygen atoms in total. The van der Waals surface area contributed by atoms with Crippen LogP contribution >= 0.6 is 0 Å². The fraction of sp³-hybridized carbons (Fsp3) is 0.444. The fourth-order valence-corrected chi connectivity index (χ4v) is 5.33. The topological polar surface area (TPSA) is 98.7 Å². The largest absolute Gasteiger partial charge is 0.493 e. The number of amides is 1. The maximum atomic E-state index is 13.0. The van der Waals surface area contributed by atoms with Gasteiger partial charge in [0.05, 0.1) is 39.2 Å². The Kier molecular flexibility index (Phi) is 6.72. The number of guanidine groups is 1.